The van der Waals surface area contributed by atoms with Crippen LogP contribution in [0.3, 0.4) is 0 Å². The summed E-state index contributed by atoms with van der Waals surface area (Å²) in [5.74, 6) is 0.299. The summed E-state index contributed by atoms with van der Waals surface area (Å²) in [5, 5.41) is 0. The van der Waals surface area contributed by atoms with Crippen molar-refractivity contribution in [1.29, 1.82) is 0 Å². The fourth-order valence-corrected chi connectivity index (χ4v) is 2.47. The van der Waals surface area contributed by atoms with Gasteiger partial charge >= 0.3 is 11.9 Å². The van der Waals surface area contributed by atoms with E-state index < -0.39 is 5.60 Å². The molecule has 2 aromatic rings. The molecule has 0 N–H and O–H groups in total. The fraction of sp³-hybridized carbons (Fsp3) is 0.435. The number of hydrogen-bond donors (Lipinski definition) is 0. The lowest BCUT2D eigenvalue weighted by molar-refractivity contribution is -0.155. The Hall–Kier alpha value is -3.09. The maximum atomic E-state index is 11.8. The van der Waals surface area contributed by atoms with E-state index in [9.17, 15) is 9.59 Å². The van der Waals surface area contributed by atoms with Gasteiger partial charge in [-0.1, -0.05) is 30.3 Å². The number of ether oxygens (including phenoxy) is 4. The van der Waals surface area contributed by atoms with Gasteiger partial charge in [-0.15, -0.1) is 0 Å². The minimum atomic E-state index is -0.507. The number of nitrogens with zero attached hydrogens (tertiary/aromatic N) is 1. The zero-order chi connectivity index (χ0) is 22.0. The third kappa shape index (κ3) is 8.94. The number of hydrogen-bond acceptors (Lipinski definition) is 7. The second-order valence-corrected chi connectivity index (χ2v) is 7.72. The van der Waals surface area contributed by atoms with Gasteiger partial charge < -0.3 is 18.9 Å². The normalized spacial score (nSPS) is 10.9. The minimum Gasteiger partial charge on any atom is -0.490 e. The summed E-state index contributed by atoms with van der Waals surface area (Å²) in [7, 11) is 0. The molecule has 0 aliphatic rings. The van der Waals surface area contributed by atoms with Crippen molar-refractivity contribution in [2.45, 2.75) is 59.4 Å². The van der Waals surface area contributed by atoms with E-state index in [-0.39, 0.29) is 25.0 Å². The average Bonchev–Trinajstić information content (AvgIpc) is 2.68. The van der Waals surface area contributed by atoms with E-state index in [1.807, 2.05) is 51.1 Å². The summed E-state index contributed by atoms with van der Waals surface area (Å²) in [6.07, 6.45) is 2.29. The third-order valence-electron chi connectivity index (χ3n) is 3.75. The average molecular weight is 415 g/mol. The molecule has 0 atom stereocenters. The first-order chi connectivity index (χ1) is 14.2. The molecule has 0 unspecified atom stereocenters. The smallest absolute Gasteiger partial charge is 0.306 e. The molecule has 0 fully saturated rings. The molecular formula is C23H29NO6. The molecule has 1 aromatic carbocycles. The Kier molecular flexibility index (Phi) is 8.65. The van der Waals surface area contributed by atoms with Crippen LogP contribution in [-0.4, -0.2) is 29.1 Å². The van der Waals surface area contributed by atoms with E-state index in [4.69, 9.17) is 18.9 Å². The van der Waals surface area contributed by atoms with E-state index in [1.165, 1.54) is 6.92 Å². The summed E-state index contributed by atoms with van der Waals surface area (Å²) >= 11 is 0. The van der Waals surface area contributed by atoms with Crippen molar-refractivity contribution in [3.8, 4) is 11.5 Å². The van der Waals surface area contributed by atoms with Crippen molar-refractivity contribution in [2.24, 2.45) is 0 Å². The van der Waals surface area contributed by atoms with Crippen molar-refractivity contribution < 1.29 is 28.5 Å². The van der Waals surface area contributed by atoms with Crippen LogP contribution in [0.25, 0.3) is 0 Å². The van der Waals surface area contributed by atoms with E-state index in [2.05, 4.69) is 4.98 Å². The lowest BCUT2D eigenvalue weighted by atomic mass is 10.2. The van der Waals surface area contributed by atoms with Gasteiger partial charge in [0.25, 0.3) is 0 Å². The topological polar surface area (TPSA) is 84.0 Å². The quantitative estimate of drug-likeness (QED) is 0.424. The van der Waals surface area contributed by atoms with Gasteiger partial charge in [0, 0.05) is 19.4 Å². The molecule has 2 rings (SSSR count). The van der Waals surface area contributed by atoms with Crippen LogP contribution < -0.4 is 9.47 Å². The number of benzene rings is 1. The van der Waals surface area contributed by atoms with Gasteiger partial charge in [0.15, 0.2) is 11.5 Å². The molecule has 0 aliphatic carbocycles. The van der Waals surface area contributed by atoms with Crippen molar-refractivity contribution in [3.63, 3.8) is 0 Å². The van der Waals surface area contributed by atoms with Crippen LogP contribution in [0.2, 0.25) is 0 Å². The number of rotatable bonds is 10. The first kappa shape index (κ1) is 23.2. The van der Waals surface area contributed by atoms with Crippen molar-refractivity contribution >= 4 is 11.9 Å². The molecule has 0 saturated carbocycles. The van der Waals surface area contributed by atoms with Crippen LogP contribution in [0.1, 0.15) is 51.8 Å². The maximum Gasteiger partial charge on any atom is 0.306 e. The zero-order valence-corrected chi connectivity index (χ0v) is 18.0. The SMILES string of the molecule is CC(=O)OCc1cc(OCCCC(=O)OC(C)(C)C)c(OCc2ccccc2)cn1. The monoisotopic (exact) mass is 415 g/mol. The maximum absolute atomic E-state index is 11.8. The number of aromatic nitrogens is 1. The summed E-state index contributed by atoms with van der Waals surface area (Å²) < 4.78 is 22.0. The standard InChI is InChI=1S/C23H29NO6/c1-17(25)28-16-19-13-20(27-12-8-11-22(26)30-23(2,3)4)21(14-24-19)29-15-18-9-6-5-7-10-18/h5-7,9-10,13-14H,8,11-12,15-16H2,1-4H3. The molecular weight excluding hydrogens is 386 g/mol. The Morgan fingerprint density at radius 2 is 1.73 bits per heavy atom. The van der Waals surface area contributed by atoms with Gasteiger partial charge in [-0.2, -0.15) is 0 Å². The number of pyridine rings is 1. The highest BCUT2D eigenvalue weighted by molar-refractivity contribution is 5.69. The Balaban J connectivity index is 1.98. The molecule has 0 amide bonds. The Labute approximate surface area is 177 Å². The van der Waals surface area contributed by atoms with Crippen LogP contribution >= 0.6 is 0 Å². The summed E-state index contributed by atoms with van der Waals surface area (Å²) in [6.45, 7) is 7.55. The van der Waals surface area contributed by atoms with Gasteiger partial charge in [-0.05, 0) is 32.8 Å². The first-order valence-electron chi connectivity index (χ1n) is 9.86. The Morgan fingerprint density at radius 3 is 2.40 bits per heavy atom. The number of carbonyl (C=O) groups is 2. The van der Waals surface area contributed by atoms with Gasteiger partial charge in [0.05, 0.1) is 18.5 Å². The highest BCUT2D eigenvalue weighted by atomic mass is 16.6. The predicted octanol–water partition coefficient (Wildman–Crippen LogP) is 4.22. The van der Waals surface area contributed by atoms with Gasteiger partial charge in [0.2, 0.25) is 0 Å². The van der Waals surface area contributed by atoms with Crippen LogP contribution in [0, 0.1) is 0 Å². The molecule has 30 heavy (non-hydrogen) atoms. The molecule has 1 heterocycles. The molecule has 0 saturated heterocycles. The van der Waals surface area contributed by atoms with Gasteiger partial charge in [-0.3, -0.25) is 14.6 Å². The minimum absolute atomic E-state index is 0.0442. The van der Waals surface area contributed by atoms with Crippen LogP contribution in [0.15, 0.2) is 42.6 Å². The summed E-state index contributed by atoms with van der Waals surface area (Å²) in [4.78, 5) is 27.2. The largest absolute Gasteiger partial charge is 0.490 e. The summed E-state index contributed by atoms with van der Waals surface area (Å²) in [6, 6.07) is 11.4. The van der Waals surface area contributed by atoms with Crippen molar-refractivity contribution in [3.05, 3.63) is 53.9 Å². The second-order valence-electron chi connectivity index (χ2n) is 7.72. The third-order valence-corrected chi connectivity index (χ3v) is 3.75. The van der Waals surface area contributed by atoms with Crippen LogP contribution in [-0.2, 0) is 32.3 Å². The van der Waals surface area contributed by atoms with E-state index in [1.54, 1.807) is 12.3 Å². The van der Waals surface area contributed by atoms with E-state index in [0.717, 1.165) is 5.56 Å². The first-order valence-corrected chi connectivity index (χ1v) is 9.86. The number of esters is 2. The lowest BCUT2D eigenvalue weighted by Crippen LogP contribution is -2.24. The molecule has 162 valence electrons. The summed E-state index contributed by atoms with van der Waals surface area (Å²) in [5.41, 5.74) is 1.05. The van der Waals surface area contributed by atoms with Crippen LogP contribution in [0.4, 0.5) is 0 Å². The lowest BCUT2D eigenvalue weighted by Gasteiger charge is -2.19. The predicted molar refractivity (Wildman–Crippen MR) is 111 cm³/mol. The van der Waals surface area contributed by atoms with Crippen LogP contribution in [0.5, 0.6) is 11.5 Å². The molecule has 1 aromatic heterocycles. The zero-order valence-electron chi connectivity index (χ0n) is 18.0. The van der Waals surface area contributed by atoms with E-state index >= 15 is 0 Å². The molecule has 7 nitrogen and oxygen atoms in total. The molecule has 0 radical (unpaired) electrons. The van der Waals surface area contributed by atoms with Crippen molar-refractivity contribution in [2.75, 3.05) is 6.61 Å². The molecule has 0 spiro atoms. The second kappa shape index (κ2) is 11.2. The molecule has 0 aliphatic heterocycles. The molecule has 0 bridgehead atoms. The fourth-order valence-electron chi connectivity index (χ4n) is 2.47. The number of carbonyl (C=O) groups excluding carboxylic acids is 2. The highest BCUT2D eigenvalue weighted by Gasteiger charge is 2.16. The van der Waals surface area contributed by atoms with E-state index in [0.29, 0.717) is 36.8 Å². The Bertz CT molecular complexity index is 829. The van der Waals surface area contributed by atoms with Crippen molar-refractivity contribution in [1.82, 2.24) is 4.98 Å². The Morgan fingerprint density at radius 1 is 1.00 bits per heavy atom. The highest BCUT2D eigenvalue weighted by Crippen LogP contribution is 2.28. The molecule has 7 heteroatoms. The van der Waals surface area contributed by atoms with Gasteiger partial charge in [0.1, 0.15) is 18.8 Å². The van der Waals surface area contributed by atoms with Gasteiger partial charge in [-0.25, -0.2) is 0 Å².